The quantitative estimate of drug-likeness (QED) is 0.390. The van der Waals surface area contributed by atoms with Crippen molar-refractivity contribution in [3.05, 3.63) is 76.9 Å². The van der Waals surface area contributed by atoms with E-state index in [4.69, 9.17) is 4.98 Å². The molecule has 0 amide bonds. The van der Waals surface area contributed by atoms with Gasteiger partial charge in [-0.1, -0.05) is 60.7 Å². The van der Waals surface area contributed by atoms with Crippen LogP contribution in [0.4, 0.5) is 4.39 Å². The van der Waals surface area contributed by atoms with E-state index in [2.05, 4.69) is 0 Å². The number of hydrogen-bond donors (Lipinski definition) is 0. The van der Waals surface area contributed by atoms with E-state index in [0.29, 0.717) is 11.3 Å². The summed E-state index contributed by atoms with van der Waals surface area (Å²) in [5.74, 6) is -0.207. The van der Waals surface area contributed by atoms with E-state index in [1.165, 1.54) is 23.3 Å². The monoisotopic (exact) mass is 359 g/mol. The molecule has 0 saturated heterocycles. The number of fused-ring (bicyclic) bond motifs is 3. The first-order valence-corrected chi connectivity index (χ1v) is 9.89. The van der Waals surface area contributed by atoms with Gasteiger partial charge in [0.2, 0.25) is 0 Å². The number of rotatable bonds is 2. The summed E-state index contributed by atoms with van der Waals surface area (Å²) in [5.41, 5.74) is 4.25. The molecule has 1 nitrogen and oxygen atoms in total. The van der Waals surface area contributed by atoms with E-state index >= 15 is 4.39 Å². The lowest BCUT2D eigenvalue weighted by Crippen LogP contribution is -2.00. The van der Waals surface area contributed by atoms with Crippen LogP contribution in [-0.4, -0.2) is 4.98 Å². The maximum atomic E-state index is 15.8. The topological polar surface area (TPSA) is 12.9 Å². The van der Waals surface area contributed by atoms with E-state index in [1.807, 2.05) is 60.7 Å². The molecule has 0 unspecified atom stereocenters. The summed E-state index contributed by atoms with van der Waals surface area (Å²) >= 11 is 1.75. The van der Waals surface area contributed by atoms with Gasteiger partial charge in [-0.05, 0) is 36.8 Å². The van der Waals surface area contributed by atoms with Crippen molar-refractivity contribution in [2.45, 2.75) is 25.7 Å². The van der Waals surface area contributed by atoms with Gasteiger partial charge < -0.3 is 0 Å². The average Bonchev–Trinajstić information content (AvgIpc) is 3.07. The van der Waals surface area contributed by atoms with E-state index in [-0.39, 0.29) is 5.82 Å². The minimum Gasteiger partial charge on any atom is -0.234 e. The molecule has 128 valence electrons. The molecule has 1 aliphatic carbocycles. The maximum absolute atomic E-state index is 15.8. The normalized spacial score (nSPS) is 13.7. The van der Waals surface area contributed by atoms with Crippen LogP contribution in [0.3, 0.4) is 0 Å². The molecule has 4 aromatic rings. The second-order valence-electron chi connectivity index (χ2n) is 6.77. The van der Waals surface area contributed by atoms with Crippen molar-refractivity contribution >= 4 is 21.6 Å². The van der Waals surface area contributed by atoms with Crippen LogP contribution in [0, 0.1) is 5.82 Å². The highest BCUT2D eigenvalue weighted by Gasteiger charge is 2.25. The third-order valence-electron chi connectivity index (χ3n) is 5.15. The summed E-state index contributed by atoms with van der Waals surface area (Å²) in [6.45, 7) is 0. The Morgan fingerprint density at radius 2 is 1.46 bits per heavy atom. The highest BCUT2D eigenvalue weighted by atomic mass is 32.1. The summed E-state index contributed by atoms with van der Waals surface area (Å²) < 4.78 is 15.8. The number of nitrogens with zero attached hydrogens (tertiary/aromatic N) is 1. The van der Waals surface area contributed by atoms with Crippen LogP contribution in [0.1, 0.15) is 23.3 Å². The second kappa shape index (κ2) is 6.33. The van der Waals surface area contributed by atoms with Crippen molar-refractivity contribution in [3.63, 3.8) is 0 Å². The Kier molecular flexibility index (Phi) is 3.83. The van der Waals surface area contributed by atoms with Crippen LogP contribution < -0.4 is 0 Å². The van der Waals surface area contributed by atoms with E-state index < -0.39 is 0 Å². The molecule has 3 heteroatoms. The van der Waals surface area contributed by atoms with E-state index in [0.717, 1.165) is 34.2 Å². The van der Waals surface area contributed by atoms with Gasteiger partial charge in [0.15, 0.2) is 5.82 Å². The molecule has 5 rings (SSSR count). The van der Waals surface area contributed by atoms with Crippen LogP contribution in [0.15, 0.2) is 60.7 Å². The van der Waals surface area contributed by atoms with Gasteiger partial charge in [0.1, 0.15) is 10.5 Å². The van der Waals surface area contributed by atoms with Crippen LogP contribution >= 0.6 is 11.3 Å². The van der Waals surface area contributed by atoms with E-state index in [9.17, 15) is 0 Å². The molecule has 2 aromatic heterocycles. The lowest BCUT2D eigenvalue weighted by molar-refractivity contribution is 0.631. The lowest BCUT2D eigenvalue weighted by atomic mass is 9.91. The van der Waals surface area contributed by atoms with Gasteiger partial charge in [0.05, 0.1) is 0 Å². The van der Waals surface area contributed by atoms with Crippen LogP contribution in [0.5, 0.6) is 0 Å². The van der Waals surface area contributed by atoms with Gasteiger partial charge in [-0.25, -0.2) is 9.37 Å². The van der Waals surface area contributed by atoms with Crippen LogP contribution in [0.25, 0.3) is 32.6 Å². The molecule has 0 N–H and O–H groups in total. The fraction of sp³-hybridized carbons (Fsp3) is 0.174. The summed E-state index contributed by atoms with van der Waals surface area (Å²) in [5, 5.41) is 1.04. The van der Waals surface area contributed by atoms with Gasteiger partial charge in [0.25, 0.3) is 0 Å². The number of halogens is 1. The van der Waals surface area contributed by atoms with Crippen molar-refractivity contribution in [1.29, 1.82) is 0 Å². The first-order valence-electron chi connectivity index (χ1n) is 9.07. The number of pyridine rings is 1. The van der Waals surface area contributed by atoms with Gasteiger partial charge in [-0.15, -0.1) is 11.3 Å². The van der Waals surface area contributed by atoms with Gasteiger partial charge in [-0.3, -0.25) is 0 Å². The molecule has 2 heterocycles. The SMILES string of the molecule is Fc1c(-c2ccccc2)nc2sc3c(c2c1-c1ccccc1)CCCC3. The number of benzene rings is 2. The van der Waals surface area contributed by atoms with Crippen molar-refractivity contribution in [2.24, 2.45) is 0 Å². The Labute approximate surface area is 156 Å². The molecule has 0 bridgehead atoms. The van der Waals surface area contributed by atoms with Crippen LogP contribution in [0.2, 0.25) is 0 Å². The highest BCUT2D eigenvalue weighted by Crippen LogP contribution is 2.44. The summed E-state index contributed by atoms with van der Waals surface area (Å²) in [6.07, 6.45) is 4.51. The Morgan fingerprint density at radius 1 is 0.808 bits per heavy atom. The molecule has 0 spiro atoms. The Balaban J connectivity index is 1.89. The lowest BCUT2D eigenvalue weighted by Gasteiger charge is -2.14. The van der Waals surface area contributed by atoms with Crippen molar-refractivity contribution < 1.29 is 4.39 Å². The zero-order chi connectivity index (χ0) is 17.5. The summed E-state index contributed by atoms with van der Waals surface area (Å²) in [6, 6.07) is 19.6. The Morgan fingerprint density at radius 3 is 2.19 bits per heavy atom. The largest absolute Gasteiger partial charge is 0.234 e. The molecule has 2 aromatic carbocycles. The molecular formula is C23H18FNS. The summed E-state index contributed by atoms with van der Waals surface area (Å²) in [7, 11) is 0. The summed E-state index contributed by atoms with van der Waals surface area (Å²) in [4.78, 5) is 7.14. The molecule has 0 radical (unpaired) electrons. The molecule has 0 fully saturated rings. The van der Waals surface area contributed by atoms with E-state index in [1.54, 1.807) is 11.3 Å². The van der Waals surface area contributed by atoms with Gasteiger partial charge >= 0.3 is 0 Å². The predicted octanol–water partition coefficient (Wildman–Crippen LogP) is 6.65. The van der Waals surface area contributed by atoms with Gasteiger partial charge in [0, 0.05) is 21.4 Å². The number of aryl methyl sites for hydroxylation is 2. The standard InChI is InChI=1S/C23H18FNS/c24-21-19(15-9-3-1-4-10-15)20-17-13-7-8-14-18(17)26-23(20)25-22(21)16-11-5-2-6-12-16/h1-6,9-12H,7-8,13-14H2. The van der Waals surface area contributed by atoms with Crippen LogP contribution in [-0.2, 0) is 12.8 Å². The number of thiophene rings is 1. The second-order valence-corrected chi connectivity index (χ2v) is 7.86. The Hall–Kier alpha value is -2.52. The zero-order valence-electron chi connectivity index (χ0n) is 14.3. The molecule has 0 saturated carbocycles. The molecule has 0 aliphatic heterocycles. The van der Waals surface area contributed by atoms with Crippen molar-refractivity contribution in [2.75, 3.05) is 0 Å². The zero-order valence-corrected chi connectivity index (χ0v) is 15.2. The van der Waals surface area contributed by atoms with Gasteiger partial charge in [-0.2, -0.15) is 0 Å². The van der Waals surface area contributed by atoms with Crippen molar-refractivity contribution in [1.82, 2.24) is 4.98 Å². The number of aromatic nitrogens is 1. The highest BCUT2D eigenvalue weighted by molar-refractivity contribution is 7.19. The first-order chi connectivity index (χ1) is 12.8. The number of hydrogen-bond acceptors (Lipinski definition) is 2. The Bertz CT molecular complexity index is 1080. The minimum atomic E-state index is -0.207. The average molecular weight is 359 g/mol. The molecular weight excluding hydrogens is 341 g/mol. The first kappa shape index (κ1) is 15.7. The smallest absolute Gasteiger partial charge is 0.158 e. The third kappa shape index (κ3) is 2.46. The predicted molar refractivity (Wildman–Crippen MR) is 107 cm³/mol. The molecule has 0 atom stereocenters. The minimum absolute atomic E-state index is 0.207. The maximum Gasteiger partial charge on any atom is 0.158 e. The third-order valence-corrected chi connectivity index (χ3v) is 6.34. The molecule has 26 heavy (non-hydrogen) atoms. The molecule has 1 aliphatic rings. The fourth-order valence-corrected chi connectivity index (χ4v) is 5.20. The van der Waals surface area contributed by atoms with Crippen molar-refractivity contribution in [3.8, 4) is 22.4 Å². The fourth-order valence-electron chi connectivity index (χ4n) is 3.93.